The number of ether oxygens (including phenoxy) is 1. The average molecular weight is 429 g/mol. The van der Waals surface area contributed by atoms with Gasteiger partial charge in [-0.3, -0.25) is 14.5 Å². The van der Waals surface area contributed by atoms with Gasteiger partial charge >= 0.3 is 0 Å². The fraction of sp³-hybridized carbons (Fsp3) is 0.529. The Hall–Kier alpha value is -1.71. The number of hydrogen-bond acceptors (Lipinski definition) is 5. The third kappa shape index (κ3) is 4.33. The van der Waals surface area contributed by atoms with Crippen LogP contribution in [0.3, 0.4) is 0 Å². The number of halogens is 2. The highest BCUT2D eigenvalue weighted by atomic mass is 79.9. The summed E-state index contributed by atoms with van der Waals surface area (Å²) >= 11 is 3.25. The van der Waals surface area contributed by atoms with Crippen molar-refractivity contribution in [1.82, 2.24) is 9.80 Å². The van der Waals surface area contributed by atoms with Crippen molar-refractivity contribution in [3.8, 4) is 0 Å². The fourth-order valence-corrected chi connectivity index (χ4v) is 3.72. The number of anilines is 1. The van der Waals surface area contributed by atoms with Gasteiger partial charge in [-0.2, -0.15) is 0 Å². The third-order valence-corrected chi connectivity index (χ3v) is 5.17. The Morgan fingerprint density at radius 3 is 2.38 bits per heavy atom. The topological polar surface area (TPSA) is 79.1 Å². The Kier molecular flexibility index (Phi) is 6.10. The molecule has 3 rings (SSSR count). The summed E-state index contributed by atoms with van der Waals surface area (Å²) in [6.45, 7) is 5.33. The lowest BCUT2D eigenvalue weighted by Gasteiger charge is -2.38. The van der Waals surface area contributed by atoms with Gasteiger partial charge in [-0.1, -0.05) is 15.9 Å². The zero-order valence-electron chi connectivity index (χ0n) is 14.4. The van der Waals surface area contributed by atoms with E-state index in [1.807, 2.05) is 9.80 Å². The molecule has 0 aliphatic carbocycles. The summed E-state index contributed by atoms with van der Waals surface area (Å²) in [5.74, 6) is -1.36. The van der Waals surface area contributed by atoms with Crippen LogP contribution < -0.4 is 10.6 Å². The van der Waals surface area contributed by atoms with Crippen LogP contribution in [0, 0.1) is 5.82 Å². The van der Waals surface area contributed by atoms with E-state index in [2.05, 4.69) is 20.8 Å². The Labute approximate surface area is 160 Å². The van der Waals surface area contributed by atoms with Crippen molar-refractivity contribution in [2.24, 2.45) is 5.73 Å². The maximum absolute atomic E-state index is 14.1. The van der Waals surface area contributed by atoms with Gasteiger partial charge in [-0.05, 0) is 12.1 Å². The molecular formula is C17H22BrFN4O3. The lowest BCUT2D eigenvalue weighted by atomic mass is 10.1. The van der Waals surface area contributed by atoms with Gasteiger partial charge in [0.05, 0.1) is 31.0 Å². The smallest absolute Gasteiger partial charge is 0.253 e. The highest BCUT2D eigenvalue weighted by Crippen LogP contribution is 2.28. The Bertz CT molecular complexity index is 689. The molecule has 1 aromatic carbocycles. The molecule has 9 heteroatoms. The maximum atomic E-state index is 14.1. The lowest BCUT2D eigenvalue weighted by molar-refractivity contribution is -0.133. The summed E-state index contributed by atoms with van der Waals surface area (Å²) in [5, 5.41) is 0. The van der Waals surface area contributed by atoms with E-state index >= 15 is 0 Å². The minimum absolute atomic E-state index is 0.0853. The van der Waals surface area contributed by atoms with Gasteiger partial charge in [-0.15, -0.1) is 0 Å². The average Bonchev–Trinajstić information content (AvgIpc) is 2.61. The van der Waals surface area contributed by atoms with E-state index in [0.29, 0.717) is 56.1 Å². The SMILES string of the molecule is NC(=O)c1c(F)cc(Br)cc1N1CCN(C(=O)CN2CCOCC2)CC1. The van der Waals surface area contributed by atoms with Crippen LogP contribution in [0.15, 0.2) is 16.6 Å². The first-order valence-electron chi connectivity index (χ1n) is 8.57. The maximum Gasteiger partial charge on any atom is 0.253 e. The highest BCUT2D eigenvalue weighted by molar-refractivity contribution is 9.10. The summed E-state index contributed by atoms with van der Waals surface area (Å²) in [7, 11) is 0. The quantitative estimate of drug-likeness (QED) is 0.762. The molecule has 0 aromatic heterocycles. The van der Waals surface area contributed by atoms with E-state index < -0.39 is 11.7 Å². The summed E-state index contributed by atoms with van der Waals surface area (Å²) < 4.78 is 20.0. The van der Waals surface area contributed by atoms with E-state index in [9.17, 15) is 14.0 Å². The fourth-order valence-electron chi connectivity index (χ4n) is 3.30. The van der Waals surface area contributed by atoms with Gasteiger partial charge in [-0.25, -0.2) is 4.39 Å². The monoisotopic (exact) mass is 428 g/mol. The molecule has 0 radical (unpaired) electrons. The molecule has 0 saturated carbocycles. The van der Waals surface area contributed by atoms with Crippen molar-refractivity contribution >= 4 is 33.4 Å². The second-order valence-corrected chi connectivity index (χ2v) is 7.32. The molecule has 0 unspecified atom stereocenters. The molecule has 2 saturated heterocycles. The van der Waals surface area contributed by atoms with Crippen LogP contribution >= 0.6 is 15.9 Å². The molecule has 2 amide bonds. The number of benzene rings is 1. The van der Waals surface area contributed by atoms with E-state index in [4.69, 9.17) is 10.5 Å². The Balaban J connectivity index is 1.63. The second kappa shape index (κ2) is 8.32. The van der Waals surface area contributed by atoms with Crippen molar-refractivity contribution < 1.29 is 18.7 Å². The number of amides is 2. The predicted molar refractivity (Wildman–Crippen MR) is 98.7 cm³/mol. The molecule has 142 valence electrons. The molecule has 0 atom stereocenters. The molecule has 0 spiro atoms. The van der Waals surface area contributed by atoms with Crippen LogP contribution in [0.5, 0.6) is 0 Å². The molecule has 2 aliphatic heterocycles. The van der Waals surface area contributed by atoms with Gasteiger partial charge in [0.1, 0.15) is 5.82 Å². The van der Waals surface area contributed by atoms with Crippen molar-refractivity contribution in [3.63, 3.8) is 0 Å². The predicted octanol–water partition coefficient (Wildman–Crippen LogP) is 0.668. The summed E-state index contributed by atoms with van der Waals surface area (Å²) in [5.41, 5.74) is 5.70. The van der Waals surface area contributed by atoms with Crippen LogP contribution in [0.25, 0.3) is 0 Å². The Morgan fingerprint density at radius 1 is 1.12 bits per heavy atom. The molecule has 2 aliphatic rings. The Morgan fingerprint density at radius 2 is 1.77 bits per heavy atom. The van der Waals surface area contributed by atoms with Gasteiger partial charge in [0.15, 0.2) is 0 Å². The molecule has 2 heterocycles. The number of nitrogens with two attached hydrogens (primary N) is 1. The van der Waals surface area contributed by atoms with Crippen LogP contribution in [-0.2, 0) is 9.53 Å². The summed E-state index contributed by atoms with van der Waals surface area (Å²) in [4.78, 5) is 29.9. The third-order valence-electron chi connectivity index (χ3n) is 4.72. The van der Waals surface area contributed by atoms with Gasteiger partial charge in [0.2, 0.25) is 5.91 Å². The minimum Gasteiger partial charge on any atom is -0.379 e. The number of rotatable bonds is 4. The number of carbonyl (C=O) groups is 2. The molecule has 2 fully saturated rings. The second-order valence-electron chi connectivity index (χ2n) is 6.40. The molecule has 1 aromatic rings. The normalized spacial score (nSPS) is 18.8. The number of carbonyl (C=O) groups excluding carboxylic acids is 2. The molecule has 7 nitrogen and oxygen atoms in total. The standard InChI is InChI=1S/C17H22BrFN4O3/c18-12-9-13(19)16(17(20)25)14(10-12)22-1-3-23(4-2-22)15(24)11-21-5-7-26-8-6-21/h9-10H,1-8,11H2,(H2,20,25). The van der Waals surface area contributed by atoms with Gasteiger partial charge < -0.3 is 20.3 Å². The summed E-state index contributed by atoms with van der Waals surface area (Å²) in [6, 6.07) is 2.92. The van der Waals surface area contributed by atoms with Crippen LogP contribution in [-0.4, -0.2) is 80.6 Å². The van der Waals surface area contributed by atoms with Crippen molar-refractivity contribution in [3.05, 3.63) is 28.0 Å². The van der Waals surface area contributed by atoms with Gasteiger partial charge in [0, 0.05) is 43.7 Å². The zero-order chi connectivity index (χ0) is 18.7. The van der Waals surface area contributed by atoms with E-state index in [0.717, 1.165) is 13.1 Å². The van der Waals surface area contributed by atoms with E-state index in [1.165, 1.54) is 6.07 Å². The first-order chi connectivity index (χ1) is 12.5. The zero-order valence-corrected chi connectivity index (χ0v) is 16.0. The molecule has 26 heavy (non-hydrogen) atoms. The first-order valence-corrected chi connectivity index (χ1v) is 9.36. The van der Waals surface area contributed by atoms with Crippen LogP contribution in [0.1, 0.15) is 10.4 Å². The highest BCUT2D eigenvalue weighted by Gasteiger charge is 2.26. The van der Waals surface area contributed by atoms with E-state index in [1.54, 1.807) is 6.07 Å². The van der Waals surface area contributed by atoms with E-state index in [-0.39, 0.29) is 11.5 Å². The van der Waals surface area contributed by atoms with Crippen molar-refractivity contribution in [2.45, 2.75) is 0 Å². The minimum atomic E-state index is -0.796. The number of primary amides is 1. The van der Waals surface area contributed by atoms with Crippen LogP contribution in [0.4, 0.5) is 10.1 Å². The summed E-state index contributed by atoms with van der Waals surface area (Å²) in [6.07, 6.45) is 0. The van der Waals surface area contributed by atoms with Gasteiger partial charge in [0.25, 0.3) is 5.91 Å². The number of piperazine rings is 1. The first kappa shape index (κ1) is 19.1. The molecule has 2 N–H and O–H groups in total. The number of hydrogen-bond donors (Lipinski definition) is 1. The largest absolute Gasteiger partial charge is 0.379 e. The molecule has 0 bridgehead atoms. The van der Waals surface area contributed by atoms with Crippen LogP contribution in [0.2, 0.25) is 0 Å². The van der Waals surface area contributed by atoms with Crippen molar-refractivity contribution in [2.75, 3.05) is 63.9 Å². The lowest BCUT2D eigenvalue weighted by Crippen LogP contribution is -2.52. The number of morpholine rings is 1. The number of nitrogens with zero attached hydrogens (tertiary/aromatic N) is 3. The molecular weight excluding hydrogens is 407 g/mol. The van der Waals surface area contributed by atoms with Crippen molar-refractivity contribution in [1.29, 1.82) is 0 Å².